The van der Waals surface area contributed by atoms with Gasteiger partial charge >= 0.3 is 0 Å². The van der Waals surface area contributed by atoms with Gasteiger partial charge in [0.1, 0.15) is 6.61 Å². The lowest BCUT2D eigenvalue weighted by atomic mass is 9.95. The number of nitrogens with one attached hydrogen (secondary N) is 3. The molecule has 0 spiro atoms. The van der Waals surface area contributed by atoms with Crippen molar-refractivity contribution in [3.63, 3.8) is 0 Å². The molecule has 1 fully saturated rings. The summed E-state index contributed by atoms with van der Waals surface area (Å²) in [5.41, 5.74) is 8.62. The smallest absolute Gasteiger partial charge is 0.275 e. The molecule has 2 aliphatic heterocycles. The summed E-state index contributed by atoms with van der Waals surface area (Å²) in [6.07, 6.45) is 3.75. The molecule has 132 valence electrons. The number of hydrogen-bond acceptors (Lipinski definition) is 3. The molecule has 0 saturated carbocycles. The van der Waals surface area contributed by atoms with E-state index in [1.54, 1.807) is 0 Å². The first kappa shape index (κ1) is 15.6. The predicted molar refractivity (Wildman–Crippen MR) is 101 cm³/mol. The maximum Gasteiger partial charge on any atom is 0.275 e. The molecule has 3 heterocycles. The minimum absolute atomic E-state index is 0.196. The minimum atomic E-state index is -0.196. The van der Waals surface area contributed by atoms with E-state index in [2.05, 4.69) is 40.0 Å². The van der Waals surface area contributed by atoms with Crippen LogP contribution in [0, 0.1) is 0 Å². The van der Waals surface area contributed by atoms with E-state index < -0.39 is 0 Å². The highest BCUT2D eigenvalue weighted by Crippen LogP contribution is 2.35. The van der Waals surface area contributed by atoms with Crippen LogP contribution in [0.25, 0.3) is 22.2 Å². The van der Waals surface area contributed by atoms with Crippen LogP contribution < -0.4 is 10.8 Å². The molecule has 0 bridgehead atoms. The van der Waals surface area contributed by atoms with Crippen LogP contribution in [-0.2, 0) is 11.4 Å². The fourth-order valence-corrected chi connectivity index (χ4v) is 4.14. The van der Waals surface area contributed by atoms with Crippen molar-refractivity contribution in [3.8, 4) is 11.3 Å². The van der Waals surface area contributed by atoms with Gasteiger partial charge in [-0.1, -0.05) is 36.8 Å². The largest absolute Gasteiger partial charge is 0.354 e. The van der Waals surface area contributed by atoms with Crippen LogP contribution >= 0.6 is 0 Å². The molecule has 0 radical (unpaired) electrons. The first-order valence-electron chi connectivity index (χ1n) is 9.21. The Morgan fingerprint density at radius 3 is 2.73 bits per heavy atom. The molecule has 2 aromatic carbocycles. The number of aromatic amines is 1. The van der Waals surface area contributed by atoms with E-state index in [4.69, 9.17) is 4.84 Å². The normalized spacial score (nSPS) is 20.0. The van der Waals surface area contributed by atoms with Gasteiger partial charge in [-0.2, -0.15) is 0 Å². The standard InChI is InChI=1S/C21H21N3O2/c25-21-15-4-3-6-18-19(15)16(12-26-24-21)20(23-18)14-9-7-13(8-10-14)17-5-1-2-11-22-17/h3-4,6-10,17,22-23H,1-2,5,11-12H2,(H,24,25)/t17-/m0/s1. The summed E-state index contributed by atoms with van der Waals surface area (Å²) in [6, 6.07) is 14.9. The van der Waals surface area contributed by atoms with Crippen molar-refractivity contribution in [1.29, 1.82) is 0 Å². The third kappa shape index (κ3) is 2.52. The van der Waals surface area contributed by atoms with E-state index >= 15 is 0 Å². The number of carbonyl (C=O) groups excluding carboxylic acids is 1. The Bertz CT molecular complexity index is 969. The van der Waals surface area contributed by atoms with Crippen molar-refractivity contribution in [2.75, 3.05) is 6.54 Å². The number of hydroxylamine groups is 1. The molecule has 5 rings (SSSR count). The number of H-pyrrole nitrogens is 1. The van der Waals surface area contributed by atoms with E-state index in [1.165, 1.54) is 24.8 Å². The lowest BCUT2D eigenvalue weighted by Crippen LogP contribution is -2.26. The molecule has 5 heteroatoms. The van der Waals surface area contributed by atoms with E-state index in [0.717, 1.165) is 34.3 Å². The molecule has 1 aromatic heterocycles. The fourth-order valence-electron chi connectivity index (χ4n) is 4.14. The van der Waals surface area contributed by atoms with Crippen molar-refractivity contribution in [2.45, 2.75) is 31.9 Å². The monoisotopic (exact) mass is 347 g/mol. The average molecular weight is 347 g/mol. The quantitative estimate of drug-likeness (QED) is 0.660. The van der Waals surface area contributed by atoms with Crippen LogP contribution in [-0.4, -0.2) is 17.4 Å². The Morgan fingerprint density at radius 2 is 1.92 bits per heavy atom. The molecule has 0 aliphatic carbocycles. The second-order valence-corrected chi connectivity index (χ2v) is 7.05. The molecular formula is C21H21N3O2. The van der Waals surface area contributed by atoms with Gasteiger partial charge in [-0.05, 0) is 42.6 Å². The summed E-state index contributed by atoms with van der Waals surface area (Å²) in [6.45, 7) is 1.45. The zero-order chi connectivity index (χ0) is 17.5. The summed E-state index contributed by atoms with van der Waals surface area (Å²) >= 11 is 0. The van der Waals surface area contributed by atoms with Crippen LogP contribution in [0.4, 0.5) is 0 Å². The molecule has 3 aromatic rings. The second-order valence-electron chi connectivity index (χ2n) is 7.05. The SMILES string of the molecule is O=C1NOCc2c(-c3ccc([C@@H]4CCCCN4)cc3)[nH]c3cccc1c23. The van der Waals surface area contributed by atoms with Gasteiger partial charge in [-0.3, -0.25) is 9.63 Å². The number of piperidine rings is 1. The third-order valence-corrected chi connectivity index (χ3v) is 5.47. The lowest BCUT2D eigenvalue weighted by Gasteiger charge is -2.24. The number of benzene rings is 2. The summed E-state index contributed by atoms with van der Waals surface area (Å²) in [5, 5.41) is 4.55. The highest BCUT2D eigenvalue weighted by molar-refractivity contribution is 6.09. The maximum atomic E-state index is 12.2. The zero-order valence-electron chi connectivity index (χ0n) is 14.5. The average Bonchev–Trinajstić information content (AvgIpc) is 2.98. The van der Waals surface area contributed by atoms with Crippen molar-refractivity contribution in [2.24, 2.45) is 0 Å². The van der Waals surface area contributed by atoms with Crippen LogP contribution in [0.2, 0.25) is 0 Å². The first-order chi connectivity index (χ1) is 12.8. The lowest BCUT2D eigenvalue weighted by molar-refractivity contribution is 0.0256. The van der Waals surface area contributed by atoms with Gasteiger partial charge in [-0.15, -0.1) is 0 Å². The molecule has 3 N–H and O–H groups in total. The summed E-state index contributed by atoms with van der Waals surface area (Å²) in [7, 11) is 0. The first-order valence-corrected chi connectivity index (χ1v) is 9.21. The molecule has 1 amide bonds. The minimum Gasteiger partial charge on any atom is -0.354 e. The van der Waals surface area contributed by atoms with Gasteiger partial charge in [0, 0.05) is 22.5 Å². The van der Waals surface area contributed by atoms with E-state index in [0.29, 0.717) is 18.2 Å². The fraction of sp³-hybridized carbons (Fsp3) is 0.286. The Labute approximate surface area is 151 Å². The molecule has 1 atom stereocenters. The Balaban J connectivity index is 1.57. The van der Waals surface area contributed by atoms with Crippen molar-refractivity contribution >= 4 is 16.8 Å². The van der Waals surface area contributed by atoms with Crippen LogP contribution in [0.5, 0.6) is 0 Å². The second kappa shape index (κ2) is 6.27. The van der Waals surface area contributed by atoms with Crippen molar-refractivity contribution in [1.82, 2.24) is 15.8 Å². The Hall–Kier alpha value is -2.63. The van der Waals surface area contributed by atoms with Crippen LogP contribution in [0.15, 0.2) is 42.5 Å². The molecule has 0 unspecified atom stereocenters. The van der Waals surface area contributed by atoms with Gasteiger partial charge in [0.2, 0.25) is 0 Å². The predicted octanol–water partition coefficient (Wildman–Crippen LogP) is 3.82. The Morgan fingerprint density at radius 1 is 1.04 bits per heavy atom. The number of carbonyl (C=O) groups is 1. The van der Waals surface area contributed by atoms with Crippen molar-refractivity contribution in [3.05, 3.63) is 59.2 Å². The third-order valence-electron chi connectivity index (χ3n) is 5.47. The number of aromatic nitrogens is 1. The van der Waals surface area contributed by atoms with Crippen molar-refractivity contribution < 1.29 is 9.63 Å². The number of amides is 1. The van der Waals surface area contributed by atoms with Crippen LogP contribution in [0.1, 0.15) is 46.8 Å². The summed E-state index contributed by atoms with van der Waals surface area (Å²) < 4.78 is 0. The highest BCUT2D eigenvalue weighted by atomic mass is 16.6. The van der Waals surface area contributed by atoms with E-state index in [9.17, 15) is 4.79 Å². The van der Waals surface area contributed by atoms with Gasteiger partial charge in [-0.25, -0.2) is 5.48 Å². The van der Waals surface area contributed by atoms with Crippen LogP contribution in [0.3, 0.4) is 0 Å². The molecule has 1 saturated heterocycles. The van der Waals surface area contributed by atoms with Gasteiger partial charge < -0.3 is 10.3 Å². The zero-order valence-corrected chi connectivity index (χ0v) is 14.5. The van der Waals surface area contributed by atoms with Gasteiger partial charge in [0.25, 0.3) is 5.91 Å². The number of hydrogen-bond donors (Lipinski definition) is 3. The summed E-state index contributed by atoms with van der Waals surface area (Å²) in [4.78, 5) is 21.1. The van der Waals surface area contributed by atoms with E-state index in [1.807, 2.05) is 18.2 Å². The highest BCUT2D eigenvalue weighted by Gasteiger charge is 2.23. The summed E-state index contributed by atoms with van der Waals surface area (Å²) in [5.74, 6) is -0.196. The molecule has 5 nitrogen and oxygen atoms in total. The van der Waals surface area contributed by atoms with Gasteiger partial charge in [0.15, 0.2) is 0 Å². The topological polar surface area (TPSA) is 66.2 Å². The molecule has 2 aliphatic rings. The van der Waals surface area contributed by atoms with E-state index in [-0.39, 0.29) is 5.91 Å². The molecular weight excluding hydrogens is 326 g/mol. The number of rotatable bonds is 2. The Kier molecular flexibility index (Phi) is 3.76. The maximum absolute atomic E-state index is 12.2. The molecule has 26 heavy (non-hydrogen) atoms. The van der Waals surface area contributed by atoms with Gasteiger partial charge in [0.05, 0.1) is 11.3 Å².